The lowest BCUT2D eigenvalue weighted by molar-refractivity contribution is 0.0460. The molecular weight excluding hydrogens is 318 g/mol. The van der Waals surface area contributed by atoms with Crippen LogP contribution >= 0.6 is 0 Å². The maximum Gasteiger partial charge on any atom is 0.405 e. The molecule has 0 aromatic heterocycles. The van der Waals surface area contributed by atoms with Crippen molar-refractivity contribution in [3.63, 3.8) is 0 Å². The van der Waals surface area contributed by atoms with Gasteiger partial charge in [-0.15, -0.1) is 0 Å². The number of benzene rings is 2. The zero-order valence-electron chi connectivity index (χ0n) is 13.3. The van der Waals surface area contributed by atoms with E-state index in [1.54, 1.807) is 38.1 Å². The molecule has 2 rings (SSSR count). The van der Waals surface area contributed by atoms with Crippen LogP contribution in [0.3, 0.4) is 0 Å². The summed E-state index contributed by atoms with van der Waals surface area (Å²) in [7, 11) is 0. The lowest BCUT2D eigenvalue weighted by Gasteiger charge is -2.24. The number of anilines is 1. The summed E-state index contributed by atoms with van der Waals surface area (Å²) in [4.78, 5) is 10.9. The van der Waals surface area contributed by atoms with Gasteiger partial charge < -0.3 is 20.9 Å². The van der Waals surface area contributed by atoms with Gasteiger partial charge in [0.25, 0.3) is 0 Å². The predicted octanol–water partition coefficient (Wildman–Crippen LogP) is 3.76. The second-order valence-electron chi connectivity index (χ2n) is 5.91. The van der Waals surface area contributed by atoms with E-state index in [1.165, 1.54) is 0 Å². The van der Waals surface area contributed by atoms with Gasteiger partial charge in [-0.3, -0.25) is 0 Å². The summed E-state index contributed by atoms with van der Waals surface area (Å²) < 4.78 is 37.4. The van der Waals surface area contributed by atoms with Gasteiger partial charge in [-0.25, -0.2) is 13.6 Å². The van der Waals surface area contributed by atoms with E-state index in [9.17, 15) is 13.6 Å². The molecule has 7 heteroatoms. The van der Waals surface area contributed by atoms with Gasteiger partial charge in [0.2, 0.25) is 0 Å². The van der Waals surface area contributed by atoms with Gasteiger partial charge in [0.05, 0.1) is 5.69 Å². The Hall–Kier alpha value is -2.83. The Morgan fingerprint density at radius 2 is 1.75 bits per heavy atom. The second kappa shape index (κ2) is 6.74. The van der Waals surface area contributed by atoms with Crippen LogP contribution in [0.25, 0.3) is 0 Å². The van der Waals surface area contributed by atoms with Gasteiger partial charge in [-0.2, -0.15) is 0 Å². The van der Waals surface area contributed by atoms with Crippen LogP contribution < -0.4 is 16.2 Å². The Bertz CT molecular complexity index is 746. The summed E-state index contributed by atoms with van der Waals surface area (Å²) in [6.45, 7) is 3.46. The summed E-state index contributed by atoms with van der Waals surface area (Å²) in [5, 5.41) is 0. The van der Waals surface area contributed by atoms with Crippen molar-refractivity contribution in [1.82, 2.24) is 0 Å². The van der Waals surface area contributed by atoms with Crippen molar-refractivity contribution in [3.05, 3.63) is 53.6 Å². The van der Waals surface area contributed by atoms with Crippen LogP contribution in [0.15, 0.2) is 36.4 Å². The fraction of sp³-hybridized carbons (Fsp3) is 0.235. The first kappa shape index (κ1) is 17.5. The number of halogens is 2. The predicted molar refractivity (Wildman–Crippen MR) is 85.7 cm³/mol. The fourth-order valence-electron chi connectivity index (χ4n) is 2.22. The Morgan fingerprint density at radius 3 is 2.33 bits per heavy atom. The van der Waals surface area contributed by atoms with Crippen LogP contribution in [-0.4, -0.2) is 11.7 Å². The molecule has 24 heavy (non-hydrogen) atoms. The van der Waals surface area contributed by atoms with Gasteiger partial charge >= 0.3 is 6.09 Å². The average Bonchev–Trinajstić information content (AvgIpc) is 2.45. The number of hydrogen-bond acceptors (Lipinski definition) is 4. The van der Waals surface area contributed by atoms with Crippen molar-refractivity contribution in [2.45, 2.75) is 25.9 Å². The SMILES string of the molecule is CC(C)(Cc1ccc(Oc2cc(F)c(N)cc2F)cc1)OC(N)=O. The molecule has 0 aliphatic heterocycles. The summed E-state index contributed by atoms with van der Waals surface area (Å²) in [5.74, 6) is -1.44. The number of nitrogen functional groups attached to an aromatic ring is 1. The van der Waals surface area contributed by atoms with Crippen LogP contribution in [-0.2, 0) is 11.2 Å². The number of nitrogens with two attached hydrogens (primary N) is 2. The van der Waals surface area contributed by atoms with E-state index in [-0.39, 0.29) is 11.4 Å². The maximum atomic E-state index is 13.7. The van der Waals surface area contributed by atoms with Crippen molar-refractivity contribution in [3.8, 4) is 11.5 Å². The minimum absolute atomic E-state index is 0.258. The normalized spacial score (nSPS) is 11.2. The van der Waals surface area contributed by atoms with Crippen molar-refractivity contribution in [2.24, 2.45) is 5.73 Å². The van der Waals surface area contributed by atoms with Gasteiger partial charge in [-0.1, -0.05) is 12.1 Å². The third-order valence-electron chi connectivity index (χ3n) is 3.21. The van der Waals surface area contributed by atoms with E-state index >= 15 is 0 Å². The molecule has 2 aromatic rings. The van der Waals surface area contributed by atoms with E-state index < -0.39 is 23.3 Å². The number of carbonyl (C=O) groups excluding carboxylic acids is 1. The van der Waals surface area contributed by atoms with Crippen LogP contribution in [0.2, 0.25) is 0 Å². The number of primary amides is 1. The lowest BCUT2D eigenvalue weighted by atomic mass is 9.98. The molecule has 0 unspecified atom stereocenters. The van der Waals surface area contributed by atoms with Gasteiger partial charge in [0.1, 0.15) is 17.2 Å². The van der Waals surface area contributed by atoms with E-state index in [0.29, 0.717) is 12.2 Å². The number of ether oxygens (including phenoxy) is 2. The maximum absolute atomic E-state index is 13.7. The Kier molecular flexibility index (Phi) is 4.92. The molecule has 128 valence electrons. The molecule has 0 heterocycles. The van der Waals surface area contributed by atoms with E-state index in [1.807, 2.05) is 0 Å². The van der Waals surface area contributed by atoms with Crippen LogP contribution in [0.4, 0.5) is 19.3 Å². The van der Waals surface area contributed by atoms with E-state index in [0.717, 1.165) is 17.7 Å². The van der Waals surface area contributed by atoms with Crippen molar-refractivity contribution in [2.75, 3.05) is 5.73 Å². The van der Waals surface area contributed by atoms with Gasteiger partial charge in [0.15, 0.2) is 11.6 Å². The number of hydrogen-bond donors (Lipinski definition) is 2. The van der Waals surface area contributed by atoms with Gasteiger partial charge in [0, 0.05) is 18.6 Å². The molecule has 5 nitrogen and oxygen atoms in total. The zero-order valence-corrected chi connectivity index (χ0v) is 13.3. The topological polar surface area (TPSA) is 87.6 Å². The first-order valence-electron chi connectivity index (χ1n) is 7.16. The van der Waals surface area contributed by atoms with Gasteiger partial charge in [-0.05, 0) is 31.5 Å². The summed E-state index contributed by atoms with van der Waals surface area (Å²) in [6, 6.07) is 8.41. The highest BCUT2D eigenvalue weighted by atomic mass is 19.1. The summed E-state index contributed by atoms with van der Waals surface area (Å²) in [6.07, 6.45) is -0.415. The molecule has 0 bridgehead atoms. The molecule has 0 spiro atoms. The Morgan fingerprint density at radius 1 is 1.12 bits per heavy atom. The highest BCUT2D eigenvalue weighted by Crippen LogP contribution is 2.28. The molecule has 1 amide bonds. The van der Waals surface area contributed by atoms with E-state index in [2.05, 4.69) is 0 Å². The first-order chi connectivity index (χ1) is 11.2. The monoisotopic (exact) mass is 336 g/mol. The molecule has 0 aliphatic carbocycles. The second-order valence-corrected chi connectivity index (χ2v) is 5.91. The smallest absolute Gasteiger partial charge is 0.405 e. The largest absolute Gasteiger partial charge is 0.454 e. The summed E-state index contributed by atoms with van der Waals surface area (Å²) in [5.41, 5.74) is 10.1. The quantitative estimate of drug-likeness (QED) is 0.814. The number of amides is 1. The Labute approximate surface area is 138 Å². The average molecular weight is 336 g/mol. The highest BCUT2D eigenvalue weighted by molar-refractivity contribution is 5.65. The number of rotatable bonds is 5. The van der Waals surface area contributed by atoms with Crippen LogP contribution in [0.1, 0.15) is 19.4 Å². The highest BCUT2D eigenvalue weighted by Gasteiger charge is 2.22. The molecule has 0 aliphatic rings. The summed E-state index contributed by atoms with van der Waals surface area (Å²) >= 11 is 0. The minimum atomic E-state index is -0.846. The number of carbonyl (C=O) groups is 1. The lowest BCUT2D eigenvalue weighted by Crippen LogP contribution is -2.33. The van der Waals surface area contributed by atoms with Crippen molar-refractivity contribution < 1.29 is 23.0 Å². The van der Waals surface area contributed by atoms with Crippen molar-refractivity contribution in [1.29, 1.82) is 0 Å². The third-order valence-corrected chi connectivity index (χ3v) is 3.21. The molecule has 0 saturated carbocycles. The van der Waals surface area contributed by atoms with Crippen LogP contribution in [0.5, 0.6) is 11.5 Å². The molecular formula is C17H18F2N2O3. The molecule has 0 atom stereocenters. The standard InChI is InChI=1S/C17H18F2N2O3/c1-17(2,24-16(21)22)9-10-3-5-11(6-4-10)23-15-8-12(18)14(20)7-13(15)19/h3-8H,9,20H2,1-2H3,(H2,21,22). The first-order valence-corrected chi connectivity index (χ1v) is 7.16. The molecule has 0 saturated heterocycles. The molecule has 4 N–H and O–H groups in total. The van der Waals surface area contributed by atoms with Crippen molar-refractivity contribution >= 4 is 11.8 Å². The third kappa shape index (κ3) is 4.58. The molecule has 0 fully saturated rings. The van der Waals surface area contributed by atoms with Crippen LogP contribution in [0, 0.1) is 11.6 Å². The Balaban J connectivity index is 2.10. The molecule has 2 aromatic carbocycles. The van der Waals surface area contributed by atoms with E-state index in [4.69, 9.17) is 20.9 Å². The molecule has 0 radical (unpaired) electrons. The fourth-order valence-corrected chi connectivity index (χ4v) is 2.22. The zero-order chi connectivity index (χ0) is 17.9. The minimum Gasteiger partial charge on any atom is -0.454 e.